The van der Waals surface area contributed by atoms with Crippen molar-refractivity contribution in [3.8, 4) is 0 Å². The smallest absolute Gasteiger partial charge is 0.230 e. The number of nitrogens with zero attached hydrogens (tertiary/aromatic N) is 2. The molecule has 1 aliphatic rings. The average Bonchev–Trinajstić information content (AvgIpc) is 2.91. The van der Waals surface area contributed by atoms with Gasteiger partial charge in [-0.05, 0) is 36.8 Å². The summed E-state index contributed by atoms with van der Waals surface area (Å²) in [6.07, 6.45) is 1.75. The molecular weight excluding hydrogens is 349 g/mol. The lowest BCUT2D eigenvalue weighted by Gasteiger charge is -2.17. The molecule has 24 heavy (non-hydrogen) atoms. The predicted molar refractivity (Wildman–Crippen MR) is 94.5 cm³/mol. The number of aromatic nitrogens is 1. The maximum absolute atomic E-state index is 12.4. The molecule has 2 amide bonds. The van der Waals surface area contributed by atoms with E-state index < -0.39 is 5.92 Å². The van der Waals surface area contributed by atoms with Gasteiger partial charge in [0, 0.05) is 34.9 Å². The molecule has 0 saturated carbocycles. The lowest BCUT2D eigenvalue weighted by Crippen LogP contribution is -2.28. The first-order valence-electron chi connectivity index (χ1n) is 7.43. The summed E-state index contributed by atoms with van der Waals surface area (Å²) in [5, 5.41) is 3.68. The van der Waals surface area contributed by atoms with E-state index >= 15 is 0 Å². The zero-order valence-electron chi connectivity index (χ0n) is 12.9. The Morgan fingerprint density at radius 1 is 1.29 bits per heavy atom. The highest BCUT2D eigenvalue weighted by molar-refractivity contribution is 6.35. The Morgan fingerprint density at radius 3 is 2.67 bits per heavy atom. The van der Waals surface area contributed by atoms with Gasteiger partial charge >= 0.3 is 0 Å². The van der Waals surface area contributed by atoms with Gasteiger partial charge in [-0.25, -0.2) is 4.98 Å². The van der Waals surface area contributed by atoms with E-state index in [-0.39, 0.29) is 24.8 Å². The Kier molecular flexibility index (Phi) is 4.73. The lowest BCUT2D eigenvalue weighted by atomic mass is 10.1. The van der Waals surface area contributed by atoms with Gasteiger partial charge in [-0.3, -0.25) is 9.59 Å². The van der Waals surface area contributed by atoms with E-state index in [0.717, 1.165) is 5.56 Å². The number of carbonyl (C=O) groups is 2. The highest BCUT2D eigenvalue weighted by Crippen LogP contribution is 2.30. The molecule has 1 unspecified atom stereocenters. The molecule has 1 atom stereocenters. The zero-order chi connectivity index (χ0) is 17.3. The normalized spacial score (nSPS) is 17.2. The van der Waals surface area contributed by atoms with Crippen molar-refractivity contribution in [2.45, 2.75) is 13.3 Å². The van der Waals surface area contributed by atoms with Gasteiger partial charge in [0.2, 0.25) is 11.8 Å². The summed E-state index contributed by atoms with van der Waals surface area (Å²) in [6, 6.07) is 8.58. The number of pyridine rings is 1. The van der Waals surface area contributed by atoms with E-state index in [1.165, 1.54) is 4.90 Å². The Bertz CT molecular complexity index is 790. The Labute approximate surface area is 149 Å². The van der Waals surface area contributed by atoms with Crippen LogP contribution in [0, 0.1) is 12.8 Å². The van der Waals surface area contributed by atoms with Crippen molar-refractivity contribution in [2.24, 2.45) is 5.92 Å². The minimum atomic E-state index is -0.448. The molecule has 1 fully saturated rings. The van der Waals surface area contributed by atoms with Gasteiger partial charge in [-0.15, -0.1) is 0 Å². The summed E-state index contributed by atoms with van der Waals surface area (Å²) in [4.78, 5) is 30.4. The van der Waals surface area contributed by atoms with E-state index in [0.29, 0.717) is 21.6 Å². The van der Waals surface area contributed by atoms with Gasteiger partial charge in [0.1, 0.15) is 5.82 Å². The van der Waals surface area contributed by atoms with E-state index in [9.17, 15) is 9.59 Å². The molecule has 0 radical (unpaired) electrons. The third-order valence-corrected chi connectivity index (χ3v) is 4.34. The number of benzene rings is 1. The first-order chi connectivity index (χ1) is 11.4. The Hall–Kier alpha value is -2.11. The number of aryl methyl sites for hydroxylation is 1. The molecule has 7 heteroatoms. The number of halogens is 2. The number of hydrogen-bond donors (Lipinski definition) is 1. The highest BCUT2D eigenvalue weighted by Gasteiger charge is 2.35. The third-order valence-electron chi connectivity index (χ3n) is 3.91. The molecule has 124 valence electrons. The number of amides is 2. The number of anilines is 2. The molecule has 1 aromatic heterocycles. The second-order valence-electron chi connectivity index (χ2n) is 5.69. The summed E-state index contributed by atoms with van der Waals surface area (Å²) in [5.41, 5.74) is 1.47. The molecule has 2 aromatic rings. The van der Waals surface area contributed by atoms with Crippen LogP contribution >= 0.6 is 23.2 Å². The quantitative estimate of drug-likeness (QED) is 0.904. The molecule has 2 heterocycles. The van der Waals surface area contributed by atoms with Crippen LogP contribution in [-0.2, 0) is 9.59 Å². The number of nitrogens with one attached hydrogen (secondary N) is 1. The van der Waals surface area contributed by atoms with Crippen LogP contribution in [0.15, 0.2) is 36.5 Å². The first kappa shape index (κ1) is 16.7. The molecule has 3 rings (SSSR count). The highest BCUT2D eigenvalue weighted by atomic mass is 35.5. The fourth-order valence-electron chi connectivity index (χ4n) is 2.66. The van der Waals surface area contributed by atoms with Gasteiger partial charge in [0.15, 0.2) is 0 Å². The monoisotopic (exact) mass is 363 g/mol. The Balaban J connectivity index is 1.74. The number of hydrogen-bond acceptors (Lipinski definition) is 3. The molecule has 1 saturated heterocycles. The van der Waals surface area contributed by atoms with Crippen LogP contribution in [-0.4, -0.2) is 23.3 Å². The van der Waals surface area contributed by atoms with E-state index in [1.807, 2.05) is 13.0 Å². The molecular formula is C17H15Cl2N3O2. The average molecular weight is 364 g/mol. The molecule has 1 aliphatic heterocycles. The van der Waals surface area contributed by atoms with E-state index in [2.05, 4.69) is 10.3 Å². The summed E-state index contributed by atoms with van der Waals surface area (Å²) >= 11 is 12.0. The summed E-state index contributed by atoms with van der Waals surface area (Å²) in [5.74, 6) is -0.289. The van der Waals surface area contributed by atoms with E-state index in [4.69, 9.17) is 23.2 Å². The van der Waals surface area contributed by atoms with Crippen LogP contribution in [0.1, 0.15) is 12.0 Å². The second kappa shape index (κ2) is 6.79. The van der Waals surface area contributed by atoms with Crippen molar-refractivity contribution in [1.29, 1.82) is 0 Å². The predicted octanol–water partition coefficient (Wildman–Crippen LogP) is 3.69. The van der Waals surface area contributed by atoms with Crippen molar-refractivity contribution in [3.63, 3.8) is 0 Å². The maximum Gasteiger partial charge on any atom is 0.230 e. The molecule has 0 spiro atoms. The zero-order valence-corrected chi connectivity index (χ0v) is 14.4. The van der Waals surface area contributed by atoms with Gasteiger partial charge in [-0.2, -0.15) is 0 Å². The minimum Gasteiger partial charge on any atom is -0.311 e. The molecule has 0 aliphatic carbocycles. The van der Waals surface area contributed by atoms with Gasteiger partial charge < -0.3 is 10.2 Å². The first-order valence-corrected chi connectivity index (χ1v) is 8.18. The summed E-state index contributed by atoms with van der Waals surface area (Å²) in [7, 11) is 0. The molecule has 0 bridgehead atoms. The van der Waals surface area contributed by atoms with Crippen LogP contribution in [0.25, 0.3) is 0 Å². The maximum atomic E-state index is 12.4. The molecule has 5 nitrogen and oxygen atoms in total. The SMILES string of the molecule is Cc1cccnc1NC(=O)C1CC(=O)N(c2cc(Cl)cc(Cl)c2)C1. The van der Waals surface area contributed by atoms with Crippen molar-refractivity contribution in [2.75, 3.05) is 16.8 Å². The van der Waals surface area contributed by atoms with Crippen LogP contribution in [0.2, 0.25) is 10.0 Å². The van der Waals surface area contributed by atoms with Crippen LogP contribution in [0.3, 0.4) is 0 Å². The standard InChI is InChI=1S/C17H15Cl2N3O2/c1-10-3-2-4-20-16(10)21-17(24)11-5-15(23)22(9-11)14-7-12(18)6-13(19)8-14/h2-4,6-8,11H,5,9H2,1H3,(H,20,21,24). The fraction of sp³-hybridized carbons (Fsp3) is 0.235. The van der Waals surface area contributed by atoms with Gasteiger partial charge in [-0.1, -0.05) is 29.3 Å². The van der Waals surface area contributed by atoms with Crippen LogP contribution in [0.4, 0.5) is 11.5 Å². The lowest BCUT2D eigenvalue weighted by molar-refractivity contribution is -0.122. The minimum absolute atomic E-state index is 0.133. The second-order valence-corrected chi connectivity index (χ2v) is 6.56. The largest absolute Gasteiger partial charge is 0.311 e. The number of carbonyl (C=O) groups excluding carboxylic acids is 2. The van der Waals surface area contributed by atoms with Gasteiger partial charge in [0.05, 0.1) is 5.92 Å². The van der Waals surface area contributed by atoms with E-state index in [1.54, 1.807) is 30.5 Å². The number of rotatable bonds is 3. The molecule has 1 aromatic carbocycles. The van der Waals surface area contributed by atoms with Gasteiger partial charge in [0.25, 0.3) is 0 Å². The summed E-state index contributed by atoms with van der Waals surface area (Å²) < 4.78 is 0. The van der Waals surface area contributed by atoms with Crippen molar-refractivity contribution < 1.29 is 9.59 Å². The van der Waals surface area contributed by atoms with Crippen molar-refractivity contribution in [3.05, 3.63) is 52.1 Å². The molecule has 1 N–H and O–H groups in total. The van der Waals surface area contributed by atoms with Crippen LogP contribution < -0.4 is 10.2 Å². The Morgan fingerprint density at radius 2 is 2.00 bits per heavy atom. The topological polar surface area (TPSA) is 62.3 Å². The fourth-order valence-corrected chi connectivity index (χ4v) is 3.18. The van der Waals surface area contributed by atoms with Crippen LogP contribution in [0.5, 0.6) is 0 Å². The third kappa shape index (κ3) is 3.52. The van der Waals surface area contributed by atoms with Crippen molar-refractivity contribution >= 4 is 46.5 Å². The van der Waals surface area contributed by atoms with Crippen molar-refractivity contribution in [1.82, 2.24) is 4.98 Å². The summed E-state index contributed by atoms with van der Waals surface area (Å²) in [6.45, 7) is 2.15.